The maximum atomic E-state index is 10.4. The van der Waals surface area contributed by atoms with E-state index in [1.807, 2.05) is 18.2 Å². The lowest BCUT2D eigenvalue weighted by Crippen LogP contribution is -2.45. The summed E-state index contributed by atoms with van der Waals surface area (Å²) in [7, 11) is 0. The third kappa shape index (κ3) is 4.52. The number of nitrogens with zero attached hydrogens (tertiary/aromatic N) is 1. The molecule has 3 nitrogen and oxygen atoms in total. The minimum absolute atomic E-state index is 0.383. The molecule has 0 amide bonds. The Morgan fingerprint density at radius 3 is 2.67 bits per heavy atom. The number of benzene rings is 1. The predicted octanol–water partition coefficient (Wildman–Crippen LogP) is 4.06. The number of β-amino-alcohol motifs (C(OH)–C–C–N with tert-alkyl or cyclic N) is 1. The Labute approximate surface area is 147 Å². The molecular formula is C21H33NO2. The van der Waals surface area contributed by atoms with Gasteiger partial charge in [-0.1, -0.05) is 51.3 Å². The number of hydrogen-bond acceptors (Lipinski definition) is 3. The van der Waals surface area contributed by atoms with Gasteiger partial charge in [-0.3, -0.25) is 0 Å². The van der Waals surface area contributed by atoms with Crippen molar-refractivity contribution in [2.24, 2.45) is 11.8 Å². The Bertz CT molecular complexity index is 516. The third-order valence-corrected chi connectivity index (χ3v) is 5.82. The Balaban J connectivity index is 1.47. The van der Waals surface area contributed by atoms with Gasteiger partial charge in [0.05, 0.1) is 0 Å². The number of likely N-dealkylation sites (tertiary alicyclic amines) is 1. The highest BCUT2D eigenvalue weighted by atomic mass is 16.5. The van der Waals surface area contributed by atoms with E-state index in [4.69, 9.17) is 4.74 Å². The van der Waals surface area contributed by atoms with Gasteiger partial charge < -0.3 is 14.7 Å². The lowest BCUT2D eigenvalue weighted by Gasteiger charge is -2.41. The van der Waals surface area contributed by atoms with Crippen LogP contribution in [0.25, 0.3) is 0 Å². The molecule has 1 saturated carbocycles. The van der Waals surface area contributed by atoms with Crippen molar-refractivity contribution in [1.29, 1.82) is 0 Å². The van der Waals surface area contributed by atoms with Crippen LogP contribution in [0.4, 0.5) is 0 Å². The molecule has 3 rings (SSSR count). The molecular weight excluding hydrogens is 298 g/mol. The average Bonchev–Trinajstić information content (AvgIpc) is 2.60. The molecule has 3 heteroatoms. The summed E-state index contributed by atoms with van der Waals surface area (Å²) in [4.78, 5) is 2.45. The van der Waals surface area contributed by atoms with E-state index >= 15 is 0 Å². The zero-order valence-electron chi connectivity index (χ0n) is 15.3. The van der Waals surface area contributed by atoms with Crippen LogP contribution in [0.1, 0.15) is 57.4 Å². The first-order valence-corrected chi connectivity index (χ1v) is 9.75. The molecule has 0 bridgehead atoms. The van der Waals surface area contributed by atoms with Crippen molar-refractivity contribution in [2.75, 3.05) is 26.2 Å². The van der Waals surface area contributed by atoms with Crippen LogP contribution >= 0.6 is 0 Å². The van der Waals surface area contributed by atoms with Crippen LogP contribution in [-0.2, 0) is 0 Å². The van der Waals surface area contributed by atoms with Crippen molar-refractivity contribution in [1.82, 2.24) is 4.90 Å². The van der Waals surface area contributed by atoms with Crippen molar-refractivity contribution >= 4 is 0 Å². The molecule has 1 aromatic rings. The van der Waals surface area contributed by atoms with Gasteiger partial charge in [-0.15, -0.1) is 0 Å². The summed E-state index contributed by atoms with van der Waals surface area (Å²) in [6, 6.07) is 8.17. The summed E-state index contributed by atoms with van der Waals surface area (Å²) in [6.45, 7) is 7.78. The topological polar surface area (TPSA) is 32.7 Å². The van der Waals surface area contributed by atoms with E-state index < -0.39 is 6.10 Å². The second-order valence-electron chi connectivity index (χ2n) is 8.01. The van der Waals surface area contributed by atoms with Crippen LogP contribution in [0.3, 0.4) is 0 Å². The first-order chi connectivity index (χ1) is 11.6. The van der Waals surface area contributed by atoms with E-state index in [9.17, 15) is 5.11 Å². The van der Waals surface area contributed by atoms with Crippen LogP contribution in [0.5, 0.6) is 5.75 Å². The third-order valence-electron chi connectivity index (χ3n) is 5.82. The summed E-state index contributed by atoms with van der Waals surface area (Å²) >= 11 is 0. The van der Waals surface area contributed by atoms with E-state index in [1.54, 1.807) is 0 Å². The van der Waals surface area contributed by atoms with Crippen LogP contribution in [0, 0.1) is 11.8 Å². The molecule has 0 aromatic heterocycles. The van der Waals surface area contributed by atoms with Crippen molar-refractivity contribution in [2.45, 2.75) is 58.0 Å². The van der Waals surface area contributed by atoms with Crippen LogP contribution in [0.15, 0.2) is 24.3 Å². The highest BCUT2D eigenvalue weighted by Crippen LogP contribution is 2.36. The summed E-state index contributed by atoms with van der Waals surface area (Å²) in [5.74, 6) is 3.16. The molecule has 3 atom stereocenters. The van der Waals surface area contributed by atoms with Crippen LogP contribution < -0.4 is 4.74 Å². The van der Waals surface area contributed by atoms with Crippen molar-refractivity contribution < 1.29 is 9.84 Å². The highest BCUT2D eigenvalue weighted by Gasteiger charge is 2.31. The molecule has 1 heterocycles. The van der Waals surface area contributed by atoms with E-state index in [0.717, 1.165) is 30.7 Å². The number of piperidine rings is 1. The Morgan fingerprint density at radius 1 is 1.12 bits per heavy atom. The molecule has 1 N–H and O–H groups in total. The van der Waals surface area contributed by atoms with Gasteiger partial charge in [0.1, 0.15) is 18.5 Å². The number of fused-ring (bicyclic) bond motifs is 1. The predicted molar refractivity (Wildman–Crippen MR) is 98.5 cm³/mol. The number of rotatable bonds is 6. The Hall–Kier alpha value is -1.06. The van der Waals surface area contributed by atoms with E-state index in [0.29, 0.717) is 12.5 Å². The second-order valence-corrected chi connectivity index (χ2v) is 8.01. The fraction of sp³-hybridized carbons (Fsp3) is 0.714. The summed E-state index contributed by atoms with van der Waals surface area (Å²) in [6.07, 6.45) is 6.53. The van der Waals surface area contributed by atoms with Gasteiger partial charge in [0, 0.05) is 13.1 Å². The quantitative estimate of drug-likeness (QED) is 0.853. The second kappa shape index (κ2) is 8.35. The largest absolute Gasteiger partial charge is 0.491 e. The zero-order valence-corrected chi connectivity index (χ0v) is 15.3. The summed E-state index contributed by atoms with van der Waals surface area (Å²) in [5, 5.41) is 10.4. The average molecular weight is 332 g/mol. The first-order valence-electron chi connectivity index (χ1n) is 9.75. The van der Waals surface area contributed by atoms with E-state index in [2.05, 4.69) is 24.8 Å². The molecule has 134 valence electrons. The van der Waals surface area contributed by atoms with Gasteiger partial charge >= 0.3 is 0 Å². The number of para-hydroxylation sites is 1. The first kappa shape index (κ1) is 17.8. The number of hydrogen-bond donors (Lipinski definition) is 1. The van der Waals surface area contributed by atoms with Gasteiger partial charge in [0.15, 0.2) is 0 Å². The van der Waals surface area contributed by atoms with Gasteiger partial charge in [0.25, 0.3) is 0 Å². The van der Waals surface area contributed by atoms with Gasteiger partial charge in [0.2, 0.25) is 0 Å². The summed E-state index contributed by atoms with van der Waals surface area (Å²) in [5.41, 5.74) is 1.22. The number of aliphatic hydroxyl groups is 1. The minimum atomic E-state index is -0.412. The normalized spacial score (nSPS) is 26.2. The molecule has 2 fully saturated rings. The van der Waals surface area contributed by atoms with Crippen molar-refractivity contribution in [3.63, 3.8) is 0 Å². The number of ether oxygens (including phenoxy) is 1. The van der Waals surface area contributed by atoms with E-state index in [1.165, 1.54) is 44.2 Å². The van der Waals surface area contributed by atoms with Crippen LogP contribution in [0.2, 0.25) is 0 Å². The number of aliphatic hydroxyl groups excluding tert-OH is 1. The fourth-order valence-electron chi connectivity index (χ4n) is 4.47. The minimum Gasteiger partial charge on any atom is -0.491 e. The SMILES string of the molecule is CC(C)c1ccccc1OC[C@H](O)CN1CC[C@@H]2CCCC[C@@H]2C1. The van der Waals surface area contributed by atoms with E-state index in [-0.39, 0.29) is 0 Å². The van der Waals surface area contributed by atoms with Gasteiger partial charge in [-0.25, -0.2) is 0 Å². The lowest BCUT2D eigenvalue weighted by molar-refractivity contribution is 0.0279. The molecule has 0 unspecified atom stereocenters. The highest BCUT2D eigenvalue weighted by molar-refractivity contribution is 5.35. The summed E-state index contributed by atoms with van der Waals surface area (Å²) < 4.78 is 5.93. The fourth-order valence-corrected chi connectivity index (χ4v) is 4.47. The van der Waals surface area contributed by atoms with Crippen molar-refractivity contribution in [3.8, 4) is 5.75 Å². The molecule has 1 aliphatic carbocycles. The maximum absolute atomic E-state index is 10.4. The smallest absolute Gasteiger partial charge is 0.122 e. The van der Waals surface area contributed by atoms with Gasteiger partial charge in [-0.2, -0.15) is 0 Å². The molecule has 1 saturated heterocycles. The lowest BCUT2D eigenvalue weighted by atomic mass is 9.75. The Kier molecular flexibility index (Phi) is 6.18. The molecule has 1 aromatic carbocycles. The van der Waals surface area contributed by atoms with Crippen LogP contribution in [-0.4, -0.2) is 42.4 Å². The van der Waals surface area contributed by atoms with Crippen molar-refractivity contribution in [3.05, 3.63) is 29.8 Å². The van der Waals surface area contributed by atoms with Gasteiger partial charge in [-0.05, 0) is 48.8 Å². The Morgan fingerprint density at radius 2 is 1.88 bits per heavy atom. The molecule has 0 radical (unpaired) electrons. The maximum Gasteiger partial charge on any atom is 0.122 e. The molecule has 24 heavy (non-hydrogen) atoms. The standard InChI is InChI=1S/C21H33NO2/c1-16(2)20-9-5-6-10-21(20)24-15-19(23)14-22-12-11-17-7-3-4-8-18(17)13-22/h5-6,9-10,16-19,23H,3-4,7-8,11-15H2,1-2H3/t17-,18+,19+/m0/s1. The monoisotopic (exact) mass is 331 g/mol. The molecule has 2 aliphatic rings. The molecule has 1 aliphatic heterocycles. The zero-order chi connectivity index (χ0) is 16.9. The molecule has 0 spiro atoms.